The van der Waals surface area contributed by atoms with Crippen molar-refractivity contribution in [3.05, 3.63) is 29.8 Å². The van der Waals surface area contributed by atoms with Crippen LogP contribution >= 0.6 is 0 Å². The van der Waals surface area contributed by atoms with Gasteiger partial charge >= 0.3 is 0 Å². The van der Waals surface area contributed by atoms with E-state index >= 15 is 0 Å². The normalized spacial score (nSPS) is 10.4. The molecule has 0 saturated heterocycles. The van der Waals surface area contributed by atoms with Gasteiger partial charge in [0.25, 0.3) is 0 Å². The number of carbonyl (C=O) groups is 1. The predicted molar refractivity (Wildman–Crippen MR) is 62.7 cm³/mol. The first-order valence-electron chi connectivity index (χ1n) is 5.55. The largest absolute Gasteiger partial charge is 0.330 e. The van der Waals surface area contributed by atoms with Gasteiger partial charge in [-0.1, -0.05) is 6.92 Å². The summed E-state index contributed by atoms with van der Waals surface area (Å²) in [6.07, 6.45) is 0.925. The molecule has 0 saturated carbocycles. The van der Waals surface area contributed by atoms with Gasteiger partial charge in [0.15, 0.2) is 11.6 Å². The lowest BCUT2D eigenvalue weighted by molar-refractivity contribution is -0.118. The van der Waals surface area contributed by atoms with E-state index in [0.29, 0.717) is 31.6 Å². The highest BCUT2D eigenvalue weighted by molar-refractivity contribution is 5.93. The second-order valence-electron chi connectivity index (χ2n) is 3.64. The summed E-state index contributed by atoms with van der Waals surface area (Å²) in [7, 11) is 0. The Balaban J connectivity index is 2.95. The molecule has 3 nitrogen and oxygen atoms in total. The lowest BCUT2D eigenvalue weighted by atomic mass is 10.2. The lowest BCUT2D eigenvalue weighted by Crippen LogP contribution is -2.32. The summed E-state index contributed by atoms with van der Waals surface area (Å²) in [6.45, 7) is 2.57. The van der Waals surface area contributed by atoms with Crippen LogP contribution in [0.3, 0.4) is 0 Å². The maximum Gasteiger partial charge on any atom is 0.226 e. The summed E-state index contributed by atoms with van der Waals surface area (Å²) >= 11 is 0. The van der Waals surface area contributed by atoms with Crippen LogP contribution in [0.15, 0.2) is 18.2 Å². The number of benzene rings is 1. The van der Waals surface area contributed by atoms with Gasteiger partial charge in [0.1, 0.15) is 0 Å². The highest BCUT2D eigenvalue weighted by atomic mass is 19.2. The molecule has 0 unspecified atom stereocenters. The SMILES string of the molecule is CCC(=O)N(CCCN)c1ccc(F)c(F)c1. The number of amides is 1. The van der Waals surface area contributed by atoms with Gasteiger partial charge in [-0.3, -0.25) is 4.79 Å². The number of halogens is 2. The third-order valence-corrected chi connectivity index (χ3v) is 2.40. The lowest BCUT2D eigenvalue weighted by Gasteiger charge is -2.22. The third-order valence-electron chi connectivity index (χ3n) is 2.40. The van der Waals surface area contributed by atoms with Gasteiger partial charge in [-0.15, -0.1) is 0 Å². The molecule has 0 spiro atoms. The molecule has 0 radical (unpaired) electrons. The van der Waals surface area contributed by atoms with Gasteiger partial charge in [-0.2, -0.15) is 0 Å². The molecule has 0 bridgehead atoms. The Hall–Kier alpha value is -1.49. The van der Waals surface area contributed by atoms with E-state index in [9.17, 15) is 13.6 Å². The van der Waals surface area contributed by atoms with Crippen LogP contribution < -0.4 is 10.6 Å². The van der Waals surface area contributed by atoms with E-state index in [1.807, 2.05) is 0 Å². The minimum atomic E-state index is -0.954. The van der Waals surface area contributed by atoms with Gasteiger partial charge in [-0.05, 0) is 25.1 Å². The molecule has 1 rings (SSSR count). The van der Waals surface area contributed by atoms with Gasteiger partial charge in [-0.25, -0.2) is 8.78 Å². The highest BCUT2D eigenvalue weighted by Crippen LogP contribution is 2.19. The fourth-order valence-electron chi connectivity index (χ4n) is 1.49. The van der Waals surface area contributed by atoms with Crippen LogP contribution in [0.4, 0.5) is 14.5 Å². The molecule has 94 valence electrons. The number of nitrogens with zero attached hydrogens (tertiary/aromatic N) is 1. The maximum atomic E-state index is 13.1. The standard InChI is InChI=1S/C12H16F2N2O/c1-2-12(17)16(7-3-6-15)9-4-5-10(13)11(14)8-9/h4-5,8H,2-3,6-7,15H2,1H3. The Morgan fingerprint density at radius 2 is 2.06 bits per heavy atom. The molecule has 0 atom stereocenters. The first-order chi connectivity index (χ1) is 8.10. The summed E-state index contributed by atoms with van der Waals surface area (Å²) in [6, 6.07) is 3.44. The van der Waals surface area contributed by atoms with E-state index in [0.717, 1.165) is 12.1 Å². The first kappa shape index (κ1) is 13.6. The topological polar surface area (TPSA) is 46.3 Å². The van der Waals surface area contributed by atoms with Crippen molar-refractivity contribution in [3.63, 3.8) is 0 Å². The number of carbonyl (C=O) groups excluding carboxylic acids is 1. The van der Waals surface area contributed by atoms with Crippen molar-refractivity contribution in [1.29, 1.82) is 0 Å². The number of hydrogen-bond acceptors (Lipinski definition) is 2. The van der Waals surface area contributed by atoms with E-state index in [-0.39, 0.29) is 5.91 Å². The molecular weight excluding hydrogens is 226 g/mol. The molecule has 0 aliphatic rings. The van der Waals surface area contributed by atoms with E-state index in [1.165, 1.54) is 11.0 Å². The molecule has 0 aromatic heterocycles. The van der Waals surface area contributed by atoms with Gasteiger partial charge in [0.05, 0.1) is 0 Å². The molecule has 1 aromatic carbocycles. The summed E-state index contributed by atoms with van der Waals surface area (Å²) in [5.41, 5.74) is 5.74. The smallest absolute Gasteiger partial charge is 0.226 e. The van der Waals surface area contributed by atoms with Crippen molar-refractivity contribution in [2.75, 3.05) is 18.0 Å². The van der Waals surface area contributed by atoms with E-state index in [4.69, 9.17) is 5.73 Å². The minimum absolute atomic E-state index is 0.135. The number of nitrogens with two attached hydrogens (primary N) is 1. The van der Waals surface area contributed by atoms with E-state index in [2.05, 4.69) is 0 Å². The Labute approximate surface area is 99.2 Å². The van der Waals surface area contributed by atoms with Crippen LogP contribution in [-0.4, -0.2) is 19.0 Å². The van der Waals surface area contributed by atoms with Crippen LogP contribution in [0.5, 0.6) is 0 Å². The zero-order chi connectivity index (χ0) is 12.8. The van der Waals surface area contributed by atoms with E-state index < -0.39 is 11.6 Å². The highest BCUT2D eigenvalue weighted by Gasteiger charge is 2.15. The van der Waals surface area contributed by atoms with Crippen molar-refractivity contribution in [2.24, 2.45) is 5.73 Å². The molecule has 0 fully saturated rings. The molecule has 17 heavy (non-hydrogen) atoms. The minimum Gasteiger partial charge on any atom is -0.330 e. The Kier molecular flexibility index (Phi) is 5.03. The molecule has 5 heteroatoms. The van der Waals surface area contributed by atoms with Gasteiger partial charge in [0.2, 0.25) is 5.91 Å². The molecule has 0 aliphatic heterocycles. The first-order valence-corrected chi connectivity index (χ1v) is 5.55. The van der Waals surface area contributed by atoms with Crippen LogP contribution in [0.1, 0.15) is 19.8 Å². The Morgan fingerprint density at radius 3 is 2.59 bits per heavy atom. The summed E-state index contributed by atoms with van der Waals surface area (Å²) in [5, 5.41) is 0. The van der Waals surface area contributed by atoms with Crippen molar-refractivity contribution in [1.82, 2.24) is 0 Å². The fraction of sp³-hybridized carbons (Fsp3) is 0.417. The second kappa shape index (κ2) is 6.30. The van der Waals surface area contributed by atoms with Crippen molar-refractivity contribution < 1.29 is 13.6 Å². The maximum absolute atomic E-state index is 13.1. The number of anilines is 1. The monoisotopic (exact) mass is 242 g/mol. The zero-order valence-electron chi connectivity index (χ0n) is 9.75. The average Bonchev–Trinajstić information content (AvgIpc) is 2.33. The van der Waals surface area contributed by atoms with Crippen LogP contribution in [0, 0.1) is 11.6 Å². The molecule has 1 aromatic rings. The quantitative estimate of drug-likeness (QED) is 0.859. The Bertz CT molecular complexity index is 396. The van der Waals surface area contributed by atoms with Gasteiger partial charge < -0.3 is 10.6 Å². The number of rotatable bonds is 5. The second-order valence-corrected chi connectivity index (χ2v) is 3.64. The van der Waals surface area contributed by atoms with Crippen molar-refractivity contribution in [2.45, 2.75) is 19.8 Å². The van der Waals surface area contributed by atoms with Gasteiger partial charge in [0, 0.05) is 24.7 Å². The molecule has 2 N–H and O–H groups in total. The van der Waals surface area contributed by atoms with Crippen LogP contribution in [0.25, 0.3) is 0 Å². The zero-order valence-corrected chi connectivity index (χ0v) is 9.75. The summed E-state index contributed by atoms with van der Waals surface area (Å²) in [5.74, 6) is -2.01. The van der Waals surface area contributed by atoms with Crippen molar-refractivity contribution in [3.8, 4) is 0 Å². The van der Waals surface area contributed by atoms with Crippen molar-refractivity contribution >= 4 is 11.6 Å². The molecule has 0 aliphatic carbocycles. The molecular formula is C12H16F2N2O. The number of hydrogen-bond donors (Lipinski definition) is 1. The molecule has 0 heterocycles. The van der Waals surface area contributed by atoms with Crippen LogP contribution in [-0.2, 0) is 4.79 Å². The van der Waals surface area contributed by atoms with Crippen LogP contribution in [0.2, 0.25) is 0 Å². The summed E-state index contributed by atoms with van der Waals surface area (Å²) in [4.78, 5) is 13.1. The average molecular weight is 242 g/mol. The van der Waals surface area contributed by atoms with E-state index in [1.54, 1.807) is 6.92 Å². The fourth-order valence-corrected chi connectivity index (χ4v) is 1.49. The Morgan fingerprint density at radius 1 is 1.35 bits per heavy atom. The summed E-state index contributed by atoms with van der Waals surface area (Å²) < 4.78 is 25.9. The predicted octanol–water partition coefficient (Wildman–Crippen LogP) is 2.06. The molecule has 1 amide bonds. The third kappa shape index (κ3) is 3.49.